The zero-order valence-corrected chi connectivity index (χ0v) is 19.3. The Kier molecular flexibility index (Phi) is 4.85. The normalized spacial score (nSPS) is 21.3. The van der Waals surface area contributed by atoms with Crippen LogP contribution in [0.3, 0.4) is 0 Å². The van der Waals surface area contributed by atoms with E-state index in [1.165, 1.54) is 5.56 Å². The van der Waals surface area contributed by atoms with E-state index in [0.717, 1.165) is 53.7 Å². The minimum Gasteiger partial charge on any atom is -0.364 e. The molecule has 2 bridgehead atoms. The van der Waals surface area contributed by atoms with Gasteiger partial charge in [0.2, 0.25) is 0 Å². The van der Waals surface area contributed by atoms with Gasteiger partial charge in [-0.25, -0.2) is 0 Å². The van der Waals surface area contributed by atoms with E-state index in [4.69, 9.17) is 5.26 Å². The number of piperidine rings is 2. The first-order valence-electron chi connectivity index (χ1n) is 11.7. The van der Waals surface area contributed by atoms with Crippen LogP contribution < -0.4 is 10.5 Å². The molecule has 3 unspecified atom stereocenters. The smallest absolute Gasteiger partial charge is 0.252 e. The predicted octanol–water partition coefficient (Wildman–Crippen LogP) is 2.62. The highest BCUT2D eigenvalue weighted by molar-refractivity contribution is 5.88. The summed E-state index contributed by atoms with van der Waals surface area (Å²) in [6, 6.07) is 11.2. The molecule has 1 aromatic carbocycles. The lowest BCUT2D eigenvalue weighted by Gasteiger charge is -2.54. The SMILES string of the molecule is CC(c1ccc2nccnc2c1)N1CC2CCC1CN2c1cc(=O)n(C)c2cn(CC#N)nc12. The summed E-state index contributed by atoms with van der Waals surface area (Å²) in [5, 5.41) is 13.8. The maximum absolute atomic E-state index is 12.7. The molecular formula is C25H26N8O. The number of fused-ring (bicyclic) bond motifs is 5. The van der Waals surface area contributed by atoms with Crippen molar-refractivity contribution in [1.82, 2.24) is 29.2 Å². The van der Waals surface area contributed by atoms with Gasteiger partial charge < -0.3 is 9.47 Å². The first-order valence-corrected chi connectivity index (χ1v) is 11.7. The maximum Gasteiger partial charge on any atom is 0.252 e. The van der Waals surface area contributed by atoms with Crippen molar-refractivity contribution >= 4 is 27.8 Å². The fourth-order valence-electron chi connectivity index (χ4n) is 5.67. The highest BCUT2D eigenvalue weighted by Crippen LogP contribution is 2.39. The first kappa shape index (κ1) is 20.8. The topological polar surface area (TPSA) is 95.9 Å². The van der Waals surface area contributed by atoms with Crippen molar-refractivity contribution in [3.8, 4) is 6.07 Å². The van der Waals surface area contributed by atoms with Gasteiger partial charge in [0.25, 0.3) is 5.56 Å². The van der Waals surface area contributed by atoms with Gasteiger partial charge in [-0.1, -0.05) is 6.07 Å². The highest BCUT2D eigenvalue weighted by Gasteiger charge is 2.42. The summed E-state index contributed by atoms with van der Waals surface area (Å²) in [6.07, 6.45) is 7.48. The molecule has 9 heteroatoms. The number of aryl methyl sites for hydroxylation is 1. The lowest BCUT2D eigenvalue weighted by molar-refractivity contribution is 0.0602. The van der Waals surface area contributed by atoms with Crippen molar-refractivity contribution in [1.29, 1.82) is 5.26 Å². The predicted molar refractivity (Wildman–Crippen MR) is 129 cm³/mol. The molecule has 3 aliphatic rings. The Bertz CT molecular complexity index is 1500. The van der Waals surface area contributed by atoms with Crippen LogP contribution in [0, 0.1) is 11.3 Å². The van der Waals surface area contributed by atoms with E-state index in [9.17, 15) is 4.79 Å². The lowest BCUT2D eigenvalue weighted by Crippen LogP contribution is -2.63. The van der Waals surface area contributed by atoms with Crippen LogP contribution in [0.15, 0.2) is 47.7 Å². The Morgan fingerprint density at radius 2 is 1.91 bits per heavy atom. The second kappa shape index (κ2) is 7.92. The lowest BCUT2D eigenvalue weighted by atomic mass is 9.88. The van der Waals surface area contributed by atoms with Crippen LogP contribution in [0.4, 0.5) is 5.69 Å². The number of hydrogen-bond donors (Lipinski definition) is 0. The molecule has 172 valence electrons. The summed E-state index contributed by atoms with van der Waals surface area (Å²) in [5.74, 6) is 0. The number of nitrogens with zero attached hydrogens (tertiary/aromatic N) is 8. The molecule has 34 heavy (non-hydrogen) atoms. The third-order valence-corrected chi connectivity index (χ3v) is 7.52. The van der Waals surface area contributed by atoms with Crippen LogP contribution in [-0.4, -0.2) is 54.4 Å². The molecule has 0 N–H and O–H groups in total. The molecule has 3 saturated heterocycles. The average molecular weight is 455 g/mol. The molecular weight excluding hydrogens is 428 g/mol. The summed E-state index contributed by atoms with van der Waals surface area (Å²) in [4.78, 5) is 26.6. The third kappa shape index (κ3) is 3.25. The standard InChI is InChI=1S/C25H26N8O/c1-16(17-3-6-20-21(11-17)28-9-8-27-20)32-13-19-5-4-18(32)14-33(19)22-12-24(34)30(2)23-15-31(10-7-26)29-25(22)23/h3,6,8-9,11-12,15-16,18-19H,4-5,10,13-14H2,1-2H3. The molecule has 7 rings (SSSR count). The average Bonchev–Trinajstić information content (AvgIpc) is 3.30. The molecule has 0 radical (unpaired) electrons. The van der Waals surface area contributed by atoms with Crippen LogP contribution in [0.2, 0.25) is 0 Å². The minimum atomic E-state index is -0.0528. The Morgan fingerprint density at radius 1 is 1.12 bits per heavy atom. The number of benzene rings is 1. The zero-order chi connectivity index (χ0) is 23.4. The molecule has 3 fully saturated rings. The second-order valence-corrected chi connectivity index (χ2v) is 9.36. The van der Waals surface area contributed by atoms with Gasteiger partial charge in [-0.15, -0.1) is 0 Å². The van der Waals surface area contributed by atoms with E-state index in [1.807, 2.05) is 0 Å². The van der Waals surface area contributed by atoms with Gasteiger partial charge in [0, 0.05) is 56.7 Å². The van der Waals surface area contributed by atoms with E-state index in [-0.39, 0.29) is 18.1 Å². The van der Waals surface area contributed by atoms with Gasteiger partial charge in [0.15, 0.2) is 0 Å². The molecule has 3 aromatic heterocycles. The molecule has 0 amide bonds. The van der Waals surface area contributed by atoms with Crippen molar-refractivity contribution in [3.05, 3.63) is 58.8 Å². The van der Waals surface area contributed by atoms with Crippen molar-refractivity contribution in [2.45, 2.75) is 44.4 Å². The monoisotopic (exact) mass is 454 g/mol. The Morgan fingerprint density at radius 3 is 2.68 bits per heavy atom. The van der Waals surface area contributed by atoms with Crippen LogP contribution in [0.1, 0.15) is 31.4 Å². The molecule has 0 saturated carbocycles. The van der Waals surface area contributed by atoms with Gasteiger partial charge in [0.05, 0.1) is 34.5 Å². The highest BCUT2D eigenvalue weighted by atomic mass is 16.1. The maximum atomic E-state index is 12.7. The third-order valence-electron chi connectivity index (χ3n) is 7.52. The van der Waals surface area contributed by atoms with Crippen molar-refractivity contribution in [3.63, 3.8) is 0 Å². The number of piperazine rings is 1. The summed E-state index contributed by atoms with van der Waals surface area (Å²) in [5.41, 5.74) is 5.47. The zero-order valence-electron chi connectivity index (χ0n) is 19.3. The molecule has 4 aromatic rings. The van der Waals surface area contributed by atoms with Crippen LogP contribution in [0.25, 0.3) is 22.1 Å². The van der Waals surface area contributed by atoms with Crippen molar-refractivity contribution in [2.24, 2.45) is 7.05 Å². The first-order chi connectivity index (χ1) is 16.5. The molecule has 3 atom stereocenters. The Labute approximate surface area is 196 Å². The fourth-order valence-corrected chi connectivity index (χ4v) is 5.67. The van der Waals surface area contributed by atoms with E-state index in [0.29, 0.717) is 12.1 Å². The van der Waals surface area contributed by atoms with Crippen LogP contribution in [0.5, 0.6) is 0 Å². The number of hydrogen-bond acceptors (Lipinski definition) is 7. The van der Waals surface area contributed by atoms with Gasteiger partial charge in [-0.2, -0.15) is 10.4 Å². The minimum absolute atomic E-state index is 0.0528. The van der Waals surface area contributed by atoms with Gasteiger partial charge >= 0.3 is 0 Å². The molecule has 9 nitrogen and oxygen atoms in total. The van der Waals surface area contributed by atoms with E-state index < -0.39 is 0 Å². The molecule has 0 spiro atoms. The van der Waals surface area contributed by atoms with Crippen LogP contribution in [-0.2, 0) is 13.6 Å². The Hall–Kier alpha value is -3.77. The van der Waals surface area contributed by atoms with E-state index in [2.05, 4.69) is 56.1 Å². The number of rotatable bonds is 4. The Balaban J connectivity index is 1.32. The largest absolute Gasteiger partial charge is 0.364 e. The van der Waals surface area contributed by atoms with E-state index in [1.54, 1.807) is 41.0 Å². The fraction of sp³-hybridized carbons (Fsp3) is 0.400. The van der Waals surface area contributed by atoms with Crippen molar-refractivity contribution < 1.29 is 0 Å². The second-order valence-electron chi connectivity index (χ2n) is 9.36. The quantitative estimate of drug-likeness (QED) is 0.468. The summed E-state index contributed by atoms with van der Waals surface area (Å²) >= 11 is 0. The molecule has 6 heterocycles. The van der Waals surface area contributed by atoms with Crippen LogP contribution >= 0.6 is 0 Å². The van der Waals surface area contributed by atoms with Gasteiger partial charge in [0.1, 0.15) is 12.1 Å². The number of anilines is 1. The van der Waals surface area contributed by atoms with Crippen molar-refractivity contribution in [2.75, 3.05) is 18.0 Å². The number of pyridine rings is 1. The number of aromatic nitrogens is 5. The van der Waals surface area contributed by atoms with Gasteiger partial charge in [-0.05, 0) is 37.5 Å². The molecule has 0 aliphatic carbocycles. The molecule has 3 aliphatic heterocycles. The summed E-state index contributed by atoms with van der Waals surface area (Å²) in [6.45, 7) is 4.22. The number of nitriles is 1. The summed E-state index contributed by atoms with van der Waals surface area (Å²) in [7, 11) is 1.76. The van der Waals surface area contributed by atoms with Gasteiger partial charge in [-0.3, -0.25) is 24.3 Å². The van der Waals surface area contributed by atoms with E-state index >= 15 is 0 Å². The summed E-state index contributed by atoms with van der Waals surface area (Å²) < 4.78 is 3.23.